The SMILES string of the molecule is CCc1c(C)c(C(=O)N2CCOCC2)n(CC)c1C. The van der Waals surface area contributed by atoms with Gasteiger partial charge < -0.3 is 14.2 Å². The summed E-state index contributed by atoms with van der Waals surface area (Å²) in [7, 11) is 0. The van der Waals surface area contributed by atoms with E-state index >= 15 is 0 Å². The Bertz CT molecular complexity index is 471. The van der Waals surface area contributed by atoms with Gasteiger partial charge in [0.25, 0.3) is 5.91 Å². The molecule has 0 aromatic carbocycles. The maximum absolute atomic E-state index is 12.7. The Hall–Kier alpha value is -1.29. The summed E-state index contributed by atoms with van der Waals surface area (Å²) in [6, 6.07) is 0. The first-order valence-corrected chi connectivity index (χ1v) is 7.17. The zero-order chi connectivity index (χ0) is 14.0. The molecule has 0 atom stereocenters. The van der Waals surface area contributed by atoms with E-state index in [1.165, 1.54) is 11.3 Å². The number of hydrogen-bond acceptors (Lipinski definition) is 2. The van der Waals surface area contributed by atoms with Gasteiger partial charge in [-0.25, -0.2) is 0 Å². The first-order valence-electron chi connectivity index (χ1n) is 7.17. The first-order chi connectivity index (χ1) is 9.11. The smallest absolute Gasteiger partial charge is 0.270 e. The summed E-state index contributed by atoms with van der Waals surface area (Å²) in [5.74, 6) is 0.158. The second kappa shape index (κ2) is 5.78. The summed E-state index contributed by atoms with van der Waals surface area (Å²) in [5.41, 5.74) is 4.58. The molecular formula is C15H24N2O2. The average Bonchev–Trinajstić information content (AvgIpc) is 2.69. The van der Waals surface area contributed by atoms with E-state index in [0.29, 0.717) is 26.3 Å². The normalized spacial score (nSPS) is 15.9. The lowest BCUT2D eigenvalue weighted by Gasteiger charge is -2.27. The van der Waals surface area contributed by atoms with E-state index in [1.54, 1.807) is 0 Å². The molecule has 0 bridgehead atoms. The van der Waals surface area contributed by atoms with Crippen molar-refractivity contribution in [3.05, 3.63) is 22.5 Å². The molecule has 1 aliphatic heterocycles. The van der Waals surface area contributed by atoms with E-state index in [1.807, 2.05) is 4.90 Å². The third kappa shape index (κ3) is 2.41. The molecule has 0 N–H and O–H groups in total. The van der Waals surface area contributed by atoms with Crippen LogP contribution < -0.4 is 0 Å². The van der Waals surface area contributed by atoms with Crippen LogP contribution in [0.4, 0.5) is 0 Å². The molecule has 2 rings (SSSR count). The van der Waals surface area contributed by atoms with Gasteiger partial charge in [0.2, 0.25) is 0 Å². The fourth-order valence-electron chi connectivity index (χ4n) is 3.06. The predicted octanol–water partition coefficient (Wildman–Crippen LogP) is 2.16. The van der Waals surface area contributed by atoms with Gasteiger partial charge in [0.05, 0.1) is 13.2 Å². The number of hydrogen-bond donors (Lipinski definition) is 0. The van der Waals surface area contributed by atoms with Crippen molar-refractivity contribution >= 4 is 5.91 Å². The van der Waals surface area contributed by atoms with Crippen LogP contribution in [0.5, 0.6) is 0 Å². The summed E-state index contributed by atoms with van der Waals surface area (Å²) in [5, 5.41) is 0. The topological polar surface area (TPSA) is 34.5 Å². The Labute approximate surface area is 115 Å². The van der Waals surface area contributed by atoms with Crippen LogP contribution in [0.25, 0.3) is 0 Å². The summed E-state index contributed by atoms with van der Waals surface area (Å²) in [6.07, 6.45) is 0.980. The Morgan fingerprint density at radius 2 is 1.84 bits per heavy atom. The average molecular weight is 264 g/mol. The Balaban J connectivity index is 2.40. The van der Waals surface area contributed by atoms with Gasteiger partial charge in [0, 0.05) is 25.3 Å². The van der Waals surface area contributed by atoms with E-state index in [0.717, 1.165) is 24.2 Å². The monoisotopic (exact) mass is 264 g/mol. The molecule has 1 saturated heterocycles. The van der Waals surface area contributed by atoms with Crippen molar-refractivity contribution in [3.63, 3.8) is 0 Å². The zero-order valence-corrected chi connectivity index (χ0v) is 12.5. The maximum atomic E-state index is 12.7. The number of ether oxygens (including phenoxy) is 1. The molecule has 0 radical (unpaired) electrons. The van der Waals surface area contributed by atoms with Crippen molar-refractivity contribution in [2.45, 2.75) is 40.7 Å². The molecule has 1 aromatic rings. The molecule has 1 fully saturated rings. The maximum Gasteiger partial charge on any atom is 0.270 e. The minimum Gasteiger partial charge on any atom is -0.378 e. The van der Waals surface area contributed by atoms with Gasteiger partial charge in [-0.2, -0.15) is 0 Å². The van der Waals surface area contributed by atoms with Crippen LogP contribution in [0.15, 0.2) is 0 Å². The summed E-state index contributed by atoms with van der Waals surface area (Å²) in [4.78, 5) is 14.6. The molecule has 1 aliphatic rings. The highest BCUT2D eigenvalue weighted by atomic mass is 16.5. The largest absolute Gasteiger partial charge is 0.378 e. The van der Waals surface area contributed by atoms with Crippen LogP contribution >= 0.6 is 0 Å². The highest BCUT2D eigenvalue weighted by molar-refractivity contribution is 5.95. The molecule has 0 aliphatic carbocycles. The molecular weight excluding hydrogens is 240 g/mol. The van der Waals surface area contributed by atoms with Crippen LogP contribution in [-0.4, -0.2) is 41.7 Å². The van der Waals surface area contributed by atoms with Crippen molar-refractivity contribution in [3.8, 4) is 0 Å². The molecule has 4 heteroatoms. The number of nitrogens with zero attached hydrogens (tertiary/aromatic N) is 2. The van der Waals surface area contributed by atoms with Crippen molar-refractivity contribution < 1.29 is 9.53 Å². The summed E-state index contributed by atoms with van der Waals surface area (Å²) in [6.45, 7) is 12.0. The molecule has 0 spiro atoms. The molecule has 19 heavy (non-hydrogen) atoms. The van der Waals surface area contributed by atoms with Crippen LogP contribution in [-0.2, 0) is 17.7 Å². The number of carbonyl (C=O) groups excluding carboxylic acids is 1. The van der Waals surface area contributed by atoms with Crippen LogP contribution in [0, 0.1) is 13.8 Å². The lowest BCUT2D eigenvalue weighted by Crippen LogP contribution is -2.41. The minimum absolute atomic E-state index is 0.158. The molecule has 106 valence electrons. The van der Waals surface area contributed by atoms with Gasteiger partial charge in [-0.15, -0.1) is 0 Å². The molecule has 1 aromatic heterocycles. The highest BCUT2D eigenvalue weighted by Crippen LogP contribution is 2.24. The van der Waals surface area contributed by atoms with Crippen LogP contribution in [0.2, 0.25) is 0 Å². The number of carbonyl (C=O) groups is 1. The summed E-state index contributed by atoms with van der Waals surface area (Å²) < 4.78 is 7.48. The number of aromatic nitrogens is 1. The van der Waals surface area contributed by atoms with Gasteiger partial charge in [0.1, 0.15) is 5.69 Å². The molecule has 0 unspecified atom stereocenters. The predicted molar refractivity (Wildman–Crippen MR) is 75.7 cm³/mol. The fourth-order valence-corrected chi connectivity index (χ4v) is 3.06. The molecule has 0 saturated carbocycles. The Morgan fingerprint density at radius 3 is 2.37 bits per heavy atom. The second-order valence-corrected chi connectivity index (χ2v) is 5.04. The molecule has 1 amide bonds. The highest BCUT2D eigenvalue weighted by Gasteiger charge is 2.26. The Morgan fingerprint density at radius 1 is 1.21 bits per heavy atom. The van der Waals surface area contributed by atoms with Crippen LogP contribution in [0.1, 0.15) is 41.2 Å². The third-order valence-corrected chi connectivity index (χ3v) is 4.09. The van der Waals surface area contributed by atoms with E-state index in [4.69, 9.17) is 4.74 Å². The van der Waals surface area contributed by atoms with Crippen molar-refractivity contribution in [1.29, 1.82) is 0 Å². The lowest BCUT2D eigenvalue weighted by molar-refractivity contribution is 0.0295. The number of morpholine rings is 1. The van der Waals surface area contributed by atoms with E-state index in [9.17, 15) is 4.79 Å². The van der Waals surface area contributed by atoms with Gasteiger partial charge in [-0.05, 0) is 38.3 Å². The Kier molecular flexibility index (Phi) is 4.30. The quantitative estimate of drug-likeness (QED) is 0.838. The minimum atomic E-state index is 0.158. The standard InChI is InChI=1S/C15H24N2O2/c1-5-13-11(3)14(17(6-2)12(13)4)15(18)16-7-9-19-10-8-16/h5-10H2,1-4H3. The lowest BCUT2D eigenvalue weighted by atomic mass is 10.1. The molecule has 2 heterocycles. The van der Waals surface area contributed by atoms with Crippen molar-refractivity contribution in [2.75, 3.05) is 26.3 Å². The number of rotatable bonds is 3. The van der Waals surface area contributed by atoms with Crippen molar-refractivity contribution in [2.24, 2.45) is 0 Å². The third-order valence-electron chi connectivity index (χ3n) is 4.09. The van der Waals surface area contributed by atoms with E-state index < -0.39 is 0 Å². The number of amides is 1. The van der Waals surface area contributed by atoms with Gasteiger partial charge in [0.15, 0.2) is 0 Å². The van der Waals surface area contributed by atoms with E-state index in [2.05, 4.69) is 32.3 Å². The fraction of sp³-hybridized carbons (Fsp3) is 0.667. The van der Waals surface area contributed by atoms with E-state index in [-0.39, 0.29) is 5.91 Å². The van der Waals surface area contributed by atoms with Crippen LogP contribution in [0.3, 0.4) is 0 Å². The zero-order valence-electron chi connectivity index (χ0n) is 12.5. The van der Waals surface area contributed by atoms with Gasteiger partial charge in [-0.3, -0.25) is 4.79 Å². The molecule has 4 nitrogen and oxygen atoms in total. The van der Waals surface area contributed by atoms with Gasteiger partial charge in [-0.1, -0.05) is 6.92 Å². The second-order valence-electron chi connectivity index (χ2n) is 5.04. The summed E-state index contributed by atoms with van der Waals surface area (Å²) >= 11 is 0. The van der Waals surface area contributed by atoms with Gasteiger partial charge >= 0.3 is 0 Å². The first kappa shape index (κ1) is 14.1. The van der Waals surface area contributed by atoms with Crippen molar-refractivity contribution in [1.82, 2.24) is 9.47 Å².